The van der Waals surface area contributed by atoms with Crippen LogP contribution in [0.2, 0.25) is 0 Å². The van der Waals surface area contributed by atoms with Crippen LogP contribution in [0.1, 0.15) is 32.6 Å². The van der Waals surface area contributed by atoms with Crippen LogP contribution < -0.4 is 5.32 Å². The molecule has 1 heterocycles. The first kappa shape index (κ1) is 8.60. The minimum atomic E-state index is 0.277. The molecule has 0 saturated heterocycles. The normalized spacial score (nSPS) is 20.5. The molecule has 0 spiro atoms. The van der Waals surface area contributed by atoms with E-state index in [1.807, 2.05) is 24.0 Å². The first-order valence-corrected chi connectivity index (χ1v) is 4.95. The van der Waals surface area contributed by atoms with Gasteiger partial charge in [-0.2, -0.15) is 0 Å². The molecular formula is C10H17N3. The van der Waals surface area contributed by atoms with Gasteiger partial charge < -0.3 is 9.88 Å². The Morgan fingerprint density at radius 1 is 1.46 bits per heavy atom. The molecule has 0 radical (unpaired) electrons. The number of anilines is 1. The maximum absolute atomic E-state index is 4.28. The molecule has 2 rings (SSSR count). The third-order valence-corrected chi connectivity index (χ3v) is 2.94. The predicted octanol–water partition coefficient (Wildman–Crippen LogP) is 2.16. The number of imidazole rings is 1. The Morgan fingerprint density at radius 3 is 2.69 bits per heavy atom. The van der Waals surface area contributed by atoms with Gasteiger partial charge in [0, 0.05) is 25.0 Å². The fourth-order valence-electron chi connectivity index (χ4n) is 2.04. The van der Waals surface area contributed by atoms with Gasteiger partial charge in [-0.1, -0.05) is 12.8 Å². The van der Waals surface area contributed by atoms with Crippen LogP contribution in [0.15, 0.2) is 12.4 Å². The van der Waals surface area contributed by atoms with Gasteiger partial charge in [-0.05, 0) is 19.8 Å². The van der Waals surface area contributed by atoms with Crippen LogP contribution in [-0.4, -0.2) is 15.1 Å². The zero-order valence-corrected chi connectivity index (χ0v) is 8.38. The summed E-state index contributed by atoms with van der Waals surface area (Å²) >= 11 is 0. The second kappa shape index (κ2) is 3.05. The molecule has 1 fully saturated rings. The van der Waals surface area contributed by atoms with Crippen LogP contribution >= 0.6 is 0 Å². The van der Waals surface area contributed by atoms with E-state index in [2.05, 4.69) is 17.2 Å². The van der Waals surface area contributed by atoms with Crippen molar-refractivity contribution in [1.82, 2.24) is 9.55 Å². The largest absolute Gasteiger partial charge is 0.351 e. The van der Waals surface area contributed by atoms with Gasteiger partial charge in [-0.15, -0.1) is 0 Å². The minimum absolute atomic E-state index is 0.277. The van der Waals surface area contributed by atoms with E-state index in [1.54, 1.807) is 0 Å². The molecule has 0 unspecified atom stereocenters. The summed E-state index contributed by atoms with van der Waals surface area (Å²) in [6, 6.07) is 0. The lowest BCUT2D eigenvalue weighted by Gasteiger charge is -2.25. The van der Waals surface area contributed by atoms with Crippen LogP contribution in [0.5, 0.6) is 0 Å². The summed E-state index contributed by atoms with van der Waals surface area (Å²) in [6.07, 6.45) is 9.02. The number of hydrogen-bond acceptors (Lipinski definition) is 2. The Balaban J connectivity index is 2.09. The van der Waals surface area contributed by atoms with E-state index in [9.17, 15) is 0 Å². The highest BCUT2D eigenvalue weighted by Gasteiger charge is 2.29. The molecule has 0 aliphatic heterocycles. The lowest BCUT2D eigenvalue weighted by atomic mass is 10.0. The van der Waals surface area contributed by atoms with Crippen LogP contribution in [0.25, 0.3) is 0 Å². The second-order valence-electron chi connectivity index (χ2n) is 4.25. The molecular weight excluding hydrogens is 162 g/mol. The van der Waals surface area contributed by atoms with E-state index in [1.165, 1.54) is 25.7 Å². The van der Waals surface area contributed by atoms with Crippen LogP contribution in [-0.2, 0) is 7.05 Å². The monoisotopic (exact) mass is 179 g/mol. The molecule has 1 aliphatic carbocycles. The SMILES string of the molecule is Cn1ccnc1NC1(C)CCCC1. The topological polar surface area (TPSA) is 29.9 Å². The zero-order valence-electron chi connectivity index (χ0n) is 8.38. The Bertz CT molecular complexity index is 284. The summed E-state index contributed by atoms with van der Waals surface area (Å²) < 4.78 is 2.03. The van der Waals surface area contributed by atoms with E-state index in [0.717, 1.165) is 5.95 Å². The molecule has 1 saturated carbocycles. The van der Waals surface area contributed by atoms with Crippen molar-refractivity contribution in [1.29, 1.82) is 0 Å². The summed E-state index contributed by atoms with van der Waals surface area (Å²) in [5.41, 5.74) is 0.277. The maximum Gasteiger partial charge on any atom is 0.202 e. The fraction of sp³-hybridized carbons (Fsp3) is 0.700. The Hall–Kier alpha value is -0.990. The van der Waals surface area contributed by atoms with Crippen molar-refractivity contribution in [2.45, 2.75) is 38.1 Å². The van der Waals surface area contributed by atoms with Crippen molar-refractivity contribution in [3.63, 3.8) is 0 Å². The summed E-state index contributed by atoms with van der Waals surface area (Å²) in [5, 5.41) is 3.52. The van der Waals surface area contributed by atoms with Crippen molar-refractivity contribution >= 4 is 5.95 Å². The van der Waals surface area contributed by atoms with Gasteiger partial charge in [0.2, 0.25) is 5.95 Å². The van der Waals surface area contributed by atoms with Crippen LogP contribution in [0, 0.1) is 0 Å². The van der Waals surface area contributed by atoms with Crippen molar-refractivity contribution in [2.75, 3.05) is 5.32 Å². The number of nitrogens with one attached hydrogen (secondary N) is 1. The molecule has 0 atom stereocenters. The average molecular weight is 179 g/mol. The number of aromatic nitrogens is 2. The van der Waals surface area contributed by atoms with Gasteiger partial charge >= 0.3 is 0 Å². The van der Waals surface area contributed by atoms with E-state index in [4.69, 9.17) is 0 Å². The second-order valence-corrected chi connectivity index (χ2v) is 4.25. The first-order chi connectivity index (χ1) is 6.20. The molecule has 0 bridgehead atoms. The van der Waals surface area contributed by atoms with Crippen LogP contribution in [0.4, 0.5) is 5.95 Å². The lowest BCUT2D eigenvalue weighted by molar-refractivity contribution is 0.525. The molecule has 13 heavy (non-hydrogen) atoms. The van der Waals surface area contributed by atoms with Gasteiger partial charge in [0.25, 0.3) is 0 Å². The number of hydrogen-bond donors (Lipinski definition) is 1. The highest BCUT2D eigenvalue weighted by atomic mass is 15.2. The Labute approximate surface area is 79.2 Å². The fourth-order valence-corrected chi connectivity index (χ4v) is 2.04. The zero-order chi connectivity index (χ0) is 9.31. The van der Waals surface area contributed by atoms with E-state index in [0.29, 0.717) is 0 Å². The van der Waals surface area contributed by atoms with Gasteiger partial charge in [0.05, 0.1) is 0 Å². The van der Waals surface area contributed by atoms with E-state index in [-0.39, 0.29) is 5.54 Å². The van der Waals surface area contributed by atoms with Gasteiger partial charge in [0.1, 0.15) is 0 Å². The highest BCUT2D eigenvalue weighted by molar-refractivity contribution is 5.30. The molecule has 0 aromatic carbocycles. The quantitative estimate of drug-likeness (QED) is 0.754. The van der Waals surface area contributed by atoms with E-state index >= 15 is 0 Å². The van der Waals surface area contributed by atoms with Gasteiger partial charge in [-0.3, -0.25) is 0 Å². The summed E-state index contributed by atoms with van der Waals surface area (Å²) in [7, 11) is 2.02. The third kappa shape index (κ3) is 1.69. The Kier molecular flexibility index (Phi) is 2.02. The minimum Gasteiger partial charge on any atom is -0.351 e. The molecule has 1 aliphatic rings. The number of rotatable bonds is 2. The molecule has 0 amide bonds. The van der Waals surface area contributed by atoms with Crippen molar-refractivity contribution < 1.29 is 0 Å². The van der Waals surface area contributed by atoms with Gasteiger partial charge in [0.15, 0.2) is 0 Å². The smallest absolute Gasteiger partial charge is 0.202 e. The maximum atomic E-state index is 4.28. The number of nitrogens with zero attached hydrogens (tertiary/aromatic N) is 2. The summed E-state index contributed by atoms with van der Waals surface area (Å²) in [5.74, 6) is 0.990. The third-order valence-electron chi connectivity index (χ3n) is 2.94. The molecule has 1 aromatic rings. The van der Waals surface area contributed by atoms with Crippen molar-refractivity contribution in [3.05, 3.63) is 12.4 Å². The lowest BCUT2D eigenvalue weighted by Crippen LogP contribution is -2.32. The van der Waals surface area contributed by atoms with Gasteiger partial charge in [-0.25, -0.2) is 4.98 Å². The van der Waals surface area contributed by atoms with Crippen LogP contribution in [0.3, 0.4) is 0 Å². The number of aryl methyl sites for hydroxylation is 1. The molecule has 1 aromatic heterocycles. The Morgan fingerprint density at radius 2 is 2.15 bits per heavy atom. The summed E-state index contributed by atoms with van der Waals surface area (Å²) in [6.45, 7) is 2.29. The highest BCUT2D eigenvalue weighted by Crippen LogP contribution is 2.31. The molecule has 3 nitrogen and oxygen atoms in total. The predicted molar refractivity (Wildman–Crippen MR) is 53.7 cm³/mol. The van der Waals surface area contributed by atoms with Crippen molar-refractivity contribution in [3.8, 4) is 0 Å². The standard InChI is InChI=1S/C10H17N3/c1-10(5-3-4-6-10)12-9-11-7-8-13(9)2/h7-8H,3-6H2,1-2H3,(H,11,12). The van der Waals surface area contributed by atoms with Crippen molar-refractivity contribution in [2.24, 2.45) is 7.05 Å². The summed E-state index contributed by atoms with van der Waals surface area (Å²) in [4.78, 5) is 4.28. The average Bonchev–Trinajstić information content (AvgIpc) is 2.64. The molecule has 3 heteroatoms. The molecule has 1 N–H and O–H groups in total. The molecule has 72 valence electrons. The first-order valence-electron chi connectivity index (χ1n) is 4.95. The van der Waals surface area contributed by atoms with E-state index < -0.39 is 0 Å².